The van der Waals surface area contributed by atoms with Gasteiger partial charge in [-0.15, -0.1) is 11.3 Å². The van der Waals surface area contributed by atoms with Crippen molar-refractivity contribution in [3.05, 3.63) is 39.8 Å². The Morgan fingerprint density at radius 2 is 2.04 bits per heavy atom. The maximum absolute atomic E-state index is 12.5. The Morgan fingerprint density at radius 1 is 1.28 bits per heavy atom. The molecular weight excluding hydrogens is 332 g/mol. The van der Waals surface area contributed by atoms with Gasteiger partial charge in [-0.3, -0.25) is 14.4 Å². The largest absolute Gasteiger partial charge is 0.339 e. The van der Waals surface area contributed by atoms with Crippen LogP contribution in [0.4, 0.5) is 0 Å². The topological polar surface area (TPSA) is 41.4 Å². The van der Waals surface area contributed by atoms with Crippen LogP contribution in [0.15, 0.2) is 24.5 Å². The molecule has 0 unspecified atom stereocenters. The molecule has 2 aromatic rings. The third-order valence-corrected chi connectivity index (χ3v) is 7.08. The van der Waals surface area contributed by atoms with Gasteiger partial charge in [0.05, 0.1) is 11.7 Å². The molecule has 0 aromatic carbocycles. The molecule has 2 saturated heterocycles. The molecule has 0 saturated carbocycles. The van der Waals surface area contributed by atoms with Crippen LogP contribution in [0.5, 0.6) is 0 Å². The van der Waals surface area contributed by atoms with Crippen molar-refractivity contribution >= 4 is 17.2 Å². The number of carbonyl (C=O) groups excluding carboxylic acids is 1. The maximum atomic E-state index is 12.5. The van der Waals surface area contributed by atoms with E-state index in [2.05, 4.69) is 35.3 Å². The van der Waals surface area contributed by atoms with Crippen molar-refractivity contribution in [2.24, 2.45) is 7.05 Å². The van der Waals surface area contributed by atoms with Gasteiger partial charge >= 0.3 is 0 Å². The standard InChI is InChI=1S/C19H26N4OS/c1-14-4-5-16(25-14)13-23-8-6-19(7-9-23)17(10-18(24)22(19)3)15-11-20-21(2)12-15/h4-5,11-12,17H,6-10,13H2,1-3H3/t17-/m0/s1. The Hall–Kier alpha value is -1.66. The highest BCUT2D eigenvalue weighted by Gasteiger charge is 2.52. The molecular formula is C19H26N4OS. The summed E-state index contributed by atoms with van der Waals surface area (Å²) < 4.78 is 1.85. The molecule has 1 amide bonds. The molecule has 2 aromatic heterocycles. The lowest BCUT2D eigenvalue weighted by Gasteiger charge is -2.46. The van der Waals surface area contributed by atoms with Crippen LogP contribution >= 0.6 is 11.3 Å². The summed E-state index contributed by atoms with van der Waals surface area (Å²) in [6, 6.07) is 4.45. The van der Waals surface area contributed by atoms with Crippen LogP contribution in [0.25, 0.3) is 0 Å². The molecule has 0 aliphatic carbocycles. The fraction of sp³-hybridized carbons (Fsp3) is 0.579. The number of likely N-dealkylation sites (N-methyl/N-ethyl adjacent to an activating group) is 1. The number of carbonyl (C=O) groups is 1. The molecule has 134 valence electrons. The Balaban J connectivity index is 1.51. The normalized spacial score (nSPS) is 23.7. The Morgan fingerprint density at radius 3 is 2.64 bits per heavy atom. The number of likely N-dealkylation sites (tertiary alicyclic amines) is 2. The van der Waals surface area contributed by atoms with Crippen LogP contribution in [-0.2, 0) is 18.4 Å². The zero-order chi connectivity index (χ0) is 17.6. The van der Waals surface area contributed by atoms with Gasteiger partial charge in [0.25, 0.3) is 0 Å². The van der Waals surface area contributed by atoms with E-state index in [1.807, 2.05) is 41.2 Å². The first-order valence-electron chi connectivity index (χ1n) is 9.01. The average Bonchev–Trinajstić information content (AvgIpc) is 3.26. The molecule has 0 bridgehead atoms. The summed E-state index contributed by atoms with van der Waals surface area (Å²) in [6.45, 7) is 5.29. The monoisotopic (exact) mass is 358 g/mol. The molecule has 4 rings (SSSR count). The van der Waals surface area contributed by atoms with Gasteiger partial charge in [-0.05, 0) is 37.5 Å². The number of hydrogen-bond acceptors (Lipinski definition) is 4. The van der Waals surface area contributed by atoms with E-state index in [1.54, 1.807) is 0 Å². The van der Waals surface area contributed by atoms with Gasteiger partial charge in [0.1, 0.15) is 0 Å². The van der Waals surface area contributed by atoms with Crippen molar-refractivity contribution < 1.29 is 4.79 Å². The average molecular weight is 359 g/mol. The van der Waals surface area contributed by atoms with Crippen LogP contribution in [0.1, 0.15) is 40.5 Å². The first-order chi connectivity index (χ1) is 12.0. The van der Waals surface area contributed by atoms with Crippen LogP contribution in [-0.4, -0.2) is 51.2 Å². The lowest BCUT2D eigenvalue weighted by atomic mass is 9.74. The van der Waals surface area contributed by atoms with E-state index in [0.29, 0.717) is 6.42 Å². The van der Waals surface area contributed by atoms with Gasteiger partial charge in [0.2, 0.25) is 5.91 Å². The van der Waals surface area contributed by atoms with E-state index in [-0.39, 0.29) is 17.4 Å². The highest BCUT2D eigenvalue weighted by molar-refractivity contribution is 7.11. The molecule has 0 N–H and O–H groups in total. The van der Waals surface area contributed by atoms with Crippen molar-refractivity contribution in [2.75, 3.05) is 20.1 Å². The number of aryl methyl sites for hydroxylation is 2. The first kappa shape index (κ1) is 16.8. The Kier molecular flexibility index (Phi) is 4.20. The summed E-state index contributed by atoms with van der Waals surface area (Å²) in [4.78, 5) is 19.9. The molecule has 2 aliphatic heterocycles. The minimum atomic E-state index is -0.0397. The van der Waals surface area contributed by atoms with E-state index in [4.69, 9.17) is 0 Å². The fourth-order valence-corrected chi connectivity index (χ4v) is 5.54. The van der Waals surface area contributed by atoms with Crippen molar-refractivity contribution in [2.45, 2.75) is 44.2 Å². The number of piperidine rings is 1. The van der Waals surface area contributed by atoms with E-state index >= 15 is 0 Å². The Labute approximate surface area is 153 Å². The second-order valence-corrected chi connectivity index (χ2v) is 8.92. The summed E-state index contributed by atoms with van der Waals surface area (Å²) >= 11 is 1.89. The van der Waals surface area contributed by atoms with Crippen LogP contribution in [0.3, 0.4) is 0 Å². The number of thiophene rings is 1. The number of amides is 1. The summed E-state index contributed by atoms with van der Waals surface area (Å²) in [5.74, 6) is 0.543. The quantitative estimate of drug-likeness (QED) is 0.847. The number of hydrogen-bond donors (Lipinski definition) is 0. The van der Waals surface area contributed by atoms with Crippen LogP contribution < -0.4 is 0 Å². The minimum Gasteiger partial charge on any atom is -0.339 e. The molecule has 2 fully saturated rings. The van der Waals surface area contributed by atoms with E-state index in [0.717, 1.165) is 32.5 Å². The smallest absolute Gasteiger partial charge is 0.223 e. The summed E-state index contributed by atoms with van der Waals surface area (Å²) in [5, 5.41) is 4.34. The predicted molar refractivity (Wildman–Crippen MR) is 99.6 cm³/mol. The van der Waals surface area contributed by atoms with Crippen molar-refractivity contribution in [3.63, 3.8) is 0 Å². The van der Waals surface area contributed by atoms with E-state index in [9.17, 15) is 4.79 Å². The van der Waals surface area contributed by atoms with Crippen molar-refractivity contribution in [1.82, 2.24) is 19.6 Å². The second-order valence-electron chi connectivity index (χ2n) is 7.55. The molecule has 4 heterocycles. The molecule has 1 atom stereocenters. The summed E-state index contributed by atoms with van der Waals surface area (Å²) in [5.41, 5.74) is 1.17. The minimum absolute atomic E-state index is 0.0397. The third kappa shape index (κ3) is 2.91. The van der Waals surface area contributed by atoms with E-state index < -0.39 is 0 Å². The lowest BCUT2D eigenvalue weighted by Crippen LogP contribution is -2.53. The predicted octanol–water partition coefficient (Wildman–Crippen LogP) is 2.77. The summed E-state index contributed by atoms with van der Waals surface area (Å²) in [7, 11) is 3.94. The van der Waals surface area contributed by atoms with Gasteiger partial charge < -0.3 is 4.90 Å². The van der Waals surface area contributed by atoms with Crippen molar-refractivity contribution in [1.29, 1.82) is 0 Å². The van der Waals surface area contributed by atoms with Crippen molar-refractivity contribution in [3.8, 4) is 0 Å². The molecule has 5 nitrogen and oxygen atoms in total. The van der Waals surface area contributed by atoms with Gasteiger partial charge in [-0.1, -0.05) is 0 Å². The van der Waals surface area contributed by atoms with Gasteiger partial charge in [-0.2, -0.15) is 5.10 Å². The molecule has 1 spiro atoms. The number of aromatic nitrogens is 2. The van der Waals surface area contributed by atoms with Gasteiger partial charge in [0.15, 0.2) is 0 Å². The lowest BCUT2D eigenvalue weighted by molar-refractivity contribution is -0.130. The first-order valence-corrected chi connectivity index (χ1v) is 9.82. The molecule has 6 heteroatoms. The molecule has 2 aliphatic rings. The Bertz CT molecular complexity index is 772. The van der Waals surface area contributed by atoms with Crippen LogP contribution in [0.2, 0.25) is 0 Å². The zero-order valence-corrected chi connectivity index (χ0v) is 16.1. The summed E-state index contributed by atoms with van der Waals surface area (Å²) in [6.07, 6.45) is 6.73. The second kappa shape index (κ2) is 6.25. The van der Waals surface area contributed by atoms with E-state index in [1.165, 1.54) is 15.3 Å². The molecule has 25 heavy (non-hydrogen) atoms. The van der Waals surface area contributed by atoms with Gasteiger partial charge in [-0.25, -0.2) is 0 Å². The third-order valence-electron chi connectivity index (χ3n) is 6.09. The molecule has 0 radical (unpaired) electrons. The van der Waals surface area contributed by atoms with Gasteiger partial charge in [0, 0.05) is 62.0 Å². The SMILES string of the molecule is Cc1ccc(CN2CCC3(CC2)[C@H](c2cnn(C)c2)CC(=O)N3C)s1. The highest BCUT2D eigenvalue weighted by atomic mass is 32.1. The zero-order valence-electron chi connectivity index (χ0n) is 15.2. The number of nitrogens with zero attached hydrogens (tertiary/aromatic N) is 4. The number of rotatable bonds is 3. The maximum Gasteiger partial charge on any atom is 0.223 e. The van der Waals surface area contributed by atoms with Crippen LogP contribution in [0, 0.1) is 6.92 Å². The highest BCUT2D eigenvalue weighted by Crippen LogP contribution is 2.48. The fourth-order valence-electron chi connectivity index (χ4n) is 4.60.